The minimum absolute atomic E-state index is 0.0658. The molecule has 2 amide bonds. The Morgan fingerprint density at radius 3 is 2.54 bits per heavy atom. The summed E-state index contributed by atoms with van der Waals surface area (Å²) in [6.45, 7) is 2.06. The third kappa shape index (κ3) is 5.06. The van der Waals surface area contributed by atoms with Crippen LogP contribution < -0.4 is 8.90 Å². The van der Waals surface area contributed by atoms with Crippen LogP contribution in [0.2, 0.25) is 14.8 Å². The number of nitrogens with one attached hydrogen (secondary N) is 1. The van der Waals surface area contributed by atoms with Crippen molar-refractivity contribution in [2.75, 3.05) is 13.6 Å². The molecule has 1 N–H and O–H groups in total. The molecule has 0 fully saturated rings. The van der Waals surface area contributed by atoms with Crippen molar-refractivity contribution in [3.8, 4) is 0 Å². The fraction of sp³-hybridized carbons (Fsp3) is 0.350. The van der Waals surface area contributed by atoms with Gasteiger partial charge in [0.2, 0.25) is 0 Å². The molecule has 2 aromatic carbocycles. The van der Waals surface area contributed by atoms with Crippen molar-refractivity contribution in [2.24, 2.45) is 5.10 Å². The molecule has 5 nitrogen and oxygen atoms in total. The van der Waals surface area contributed by atoms with Crippen molar-refractivity contribution >= 4 is 50.8 Å². The van der Waals surface area contributed by atoms with Gasteiger partial charge < -0.3 is 0 Å². The van der Waals surface area contributed by atoms with Gasteiger partial charge in [-0.25, -0.2) is 0 Å². The van der Waals surface area contributed by atoms with Gasteiger partial charge in [-0.2, -0.15) is 0 Å². The van der Waals surface area contributed by atoms with E-state index in [1.165, 1.54) is 8.59 Å². The van der Waals surface area contributed by atoms with E-state index in [0.717, 1.165) is 10.8 Å². The van der Waals surface area contributed by atoms with E-state index in [-0.39, 0.29) is 18.4 Å². The van der Waals surface area contributed by atoms with E-state index < -0.39 is 18.4 Å². The first-order valence-corrected chi connectivity index (χ1v) is 18.8. The van der Waals surface area contributed by atoms with Crippen molar-refractivity contribution in [1.29, 1.82) is 0 Å². The van der Waals surface area contributed by atoms with E-state index in [2.05, 4.69) is 43.4 Å². The molecule has 2 rings (SSSR count). The first kappa shape index (κ1) is 20.4. The van der Waals surface area contributed by atoms with Gasteiger partial charge in [0.1, 0.15) is 0 Å². The van der Waals surface area contributed by atoms with Gasteiger partial charge in [-0.3, -0.25) is 0 Å². The Labute approximate surface area is 159 Å². The van der Waals surface area contributed by atoms with Crippen LogP contribution in [0.3, 0.4) is 0 Å². The molecule has 0 unspecified atom stereocenters. The van der Waals surface area contributed by atoms with Gasteiger partial charge in [0.25, 0.3) is 0 Å². The van der Waals surface area contributed by atoms with E-state index >= 15 is 0 Å². The Balaban J connectivity index is 2.21. The third-order valence-electron chi connectivity index (χ3n) is 4.24. The van der Waals surface area contributed by atoms with Gasteiger partial charge in [-0.1, -0.05) is 0 Å². The van der Waals surface area contributed by atoms with Gasteiger partial charge >= 0.3 is 159 Å². The summed E-state index contributed by atoms with van der Waals surface area (Å²) in [7, 11) is 1.61. The number of carbonyl (C=O) groups is 2. The standard InChI is InChI=1S/C17H18N3O2.3CH3.Sn/c1-3-16(21)20(2)19-12-11-18-17(22)15-10-6-8-13-7-4-5-9-14(13)15;;;;/h4-5,7-10,12H,3,11H2,1-2H3,(H,18,22);3*1H3;. The molecular formula is C20H27N3O2Sn. The topological polar surface area (TPSA) is 61.8 Å². The summed E-state index contributed by atoms with van der Waals surface area (Å²) in [5.74, 6) is -0.182. The Hall–Kier alpha value is -1.89. The molecule has 0 aromatic heterocycles. The van der Waals surface area contributed by atoms with Crippen molar-refractivity contribution in [1.82, 2.24) is 10.3 Å². The van der Waals surface area contributed by atoms with Gasteiger partial charge in [0.15, 0.2) is 0 Å². The molecule has 0 aliphatic heterocycles. The predicted octanol–water partition coefficient (Wildman–Crippen LogP) is 2.97. The first-order chi connectivity index (χ1) is 12.2. The Kier molecular flexibility index (Phi) is 6.80. The molecule has 0 heterocycles. The molecule has 0 radical (unpaired) electrons. The summed E-state index contributed by atoms with van der Waals surface area (Å²) in [5, 5.41) is 10.3. The van der Waals surface area contributed by atoms with Crippen LogP contribution in [-0.2, 0) is 4.79 Å². The zero-order valence-electron chi connectivity index (χ0n) is 16.2. The van der Waals surface area contributed by atoms with E-state index in [1.54, 1.807) is 20.2 Å². The van der Waals surface area contributed by atoms with Crippen LogP contribution in [0.1, 0.15) is 23.7 Å². The number of benzene rings is 2. The zero-order valence-corrected chi connectivity index (χ0v) is 19.0. The van der Waals surface area contributed by atoms with Crippen LogP contribution in [-0.4, -0.2) is 55.0 Å². The summed E-state index contributed by atoms with van der Waals surface area (Å²) < 4.78 is 1.32. The van der Waals surface area contributed by atoms with Gasteiger partial charge in [0.05, 0.1) is 0 Å². The molecule has 0 bridgehead atoms. The SMILES string of the molecule is CCC(=O)N(C)N=CCNC(=O)c1c[c]([Sn]([CH3])([CH3])[CH3])cc2ccccc12. The van der Waals surface area contributed by atoms with E-state index in [9.17, 15) is 9.59 Å². The summed E-state index contributed by atoms with van der Waals surface area (Å²) >= 11 is -2.31. The predicted molar refractivity (Wildman–Crippen MR) is 111 cm³/mol. The zero-order chi connectivity index (χ0) is 19.3. The Bertz CT molecular complexity index is 841. The number of hydrogen-bond acceptors (Lipinski definition) is 3. The minimum atomic E-state index is -2.31. The molecule has 0 atom stereocenters. The van der Waals surface area contributed by atoms with Crippen molar-refractivity contribution in [2.45, 2.75) is 28.2 Å². The van der Waals surface area contributed by atoms with Gasteiger partial charge in [0, 0.05) is 0 Å². The molecule has 0 saturated heterocycles. The maximum absolute atomic E-state index is 12.7. The molecule has 26 heavy (non-hydrogen) atoms. The number of carbonyl (C=O) groups excluding carboxylic acids is 2. The summed E-state index contributed by atoms with van der Waals surface area (Å²) in [5.41, 5.74) is 0.705. The first-order valence-electron chi connectivity index (χ1n) is 8.84. The average molecular weight is 460 g/mol. The average Bonchev–Trinajstić information content (AvgIpc) is 2.62. The number of rotatable bonds is 6. The molecule has 2 aromatic rings. The molecular weight excluding hydrogens is 433 g/mol. The fourth-order valence-electron chi connectivity index (χ4n) is 2.62. The second kappa shape index (κ2) is 8.66. The molecule has 6 heteroatoms. The Morgan fingerprint density at radius 1 is 1.19 bits per heavy atom. The summed E-state index contributed by atoms with van der Waals surface area (Å²) in [6, 6.07) is 12.3. The number of hydrogen-bond donors (Lipinski definition) is 1. The van der Waals surface area contributed by atoms with Crippen LogP contribution in [0.4, 0.5) is 0 Å². The molecule has 138 valence electrons. The van der Waals surface area contributed by atoms with Crippen LogP contribution in [0.5, 0.6) is 0 Å². The van der Waals surface area contributed by atoms with E-state index in [1.807, 2.05) is 18.2 Å². The van der Waals surface area contributed by atoms with Crippen LogP contribution in [0.15, 0.2) is 41.5 Å². The van der Waals surface area contributed by atoms with Crippen LogP contribution in [0, 0.1) is 0 Å². The number of hydrazone groups is 1. The van der Waals surface area contributed by atoms with Crippen LogP contribution in [0.25, 0.3) is 10.8 Å². The summed E-state index contributed by atoms with van der Waals surface area (Å²) in [4.78, 5) is 31.2. The monoisotopic (exact) mass is 461 g/mol. The van der Waals surface area contributed by atoms with Crippen molar-refractivity contribution < 1.29 is 9.59 Å². The van der Waals surface area contributed by atoms with E-state index in [0.29, 0.717) is 12.0 Å². The third-order valence-corrected chi connectivity index (χ3v) is 10.0. The number of nitrogens with zero attached hydrogens (tertiary/aromatic N) is 2. The Morgan fingerprint density at radius 2 is 1.88 bits per heavy atom. The fourth-order valence-corrected chi connectivity index (χ4v) is 5.95. The molecule has 0 aliphatic rings. The van der Waals surface area contributed by atoms with Crippen molar-refractivity contribution in [3.05, 3.63) is 42.0 Å². The molecule has 0 saturated carbocycles. The van der Waals surface area contributed by atoms with Gasteiger partial charge in [-0.15, -0.1) is 0 Å². The normalized spacial score (nSPS) is 11.7. The van der Waals surface area contributed by atoms with Crippen molar-refractivity contribution in [3.63, 3.8) is 0 Å². The quantitative estimate of drug-likeness (QED) is 0.410. The van der Waals surface area contributed by atoms with Crippen LogP contribution >= 0.6 is 0 Å². The second-order valence-corrected chi connectivity index (χ2v) is 21.8. The van der Waals surface area contributed by atoms with Gasteiger partial charge in [-0.05, 0) is 0 Å². The van der Waals surface area contributed by atoms with E-state index in [4.69, 9.17) is 0 Å². The number of fused-ring (bicyclic) bond motifs is 1. The molecule has 0 aliphatic carbocycles. The maximum atomic E-state index is 12.7. The number of amides is 2. The second-order valence-electron chi connectivity index (χ2n) is 7.27. The summed E-state index contributed by atoms with van der Waals surface area (Å²) in [6.07, 6.45) is 1.94. The molecule has 0 spiro atoms.